The highest BCUT2D eigenvalue weighted by molar-refractivity contribution is 5.52. The van der Waals surface area contributed by atoms with Gasteiger partial charge < -0.3 is 24.4 Å². The molecule has 5 nitrogen and oxygen atoms in total. The van der Waals surface area contributed by atoms with Crippen LogP contribution in [-0.4, -0.2) is 44.8 Å². The lowest BCUT2D eigenvalue weighted by molar-refractivity contribution is 0.222. The Labute approximate surface area is 203 Å². The fraction of sp³-hybridized carbons (Fsp3) is 0.379. The Balaban J connectivity index is 1.54. The maximum atomic E-state index is 6.20. The van der Waals surface area contributed by atoms with Crippen LogP contribution in [0.3, 0.4) is 0 Å². The Morgan fingerprint density at radius 3 is 2.50 bits per heavy atom. The molecule has 0 saturated heterocycles. The van der Waals surface area contributed by atoms with E-state index in [1.807, 2.05) is 24.3 Å². The van der Waals surface area contributed by atoms with E-state index in [0.29, 0.717) is 13.2 Å². The fourth-order valence-corrected chi connectivity index (χ4v) is 4.49. The molecule has 1 atom stereocenters. The van der Waals surface area contributed by atoms with Gasteiger partial charge in [-0.2, -0.15) is 0 Å². The number of rotatable bonds is 11. The van der Waals surface area contributed by atoms with Crippen molar-refractivity contribution in [1.82, 2.24) is 10.2 Å². The molecule has 0 aromatic heterocycles. The number of nitrogens with zero attached hydrogens (tertiary/aromatic N) is 1. The molecule has 34 heavy (non-hydrogen) atoms. The largest absolute Gasteiger partial charge is 0.493 e. The van der Waals surface area contributed by atoms with Gasteiger partial charge in [-0.1, -0.05) is 56.3 Å². The summed E-state index contributed by atoms with van der Waals surface area (Å²) < 4.78 is 18.0. The molecule has 0 bridgehead atoms. The molecule has 0 radical (unpaired) electrons. The van der Waals surface area contributed by atoms with Gasteiger partial charge >= 0.3 is 0 Å². The molecule has 1 aliphatic rings. The van der Waals surface area contributed by atoms with E-state index in [2.05, 4.69) is 66.5 Å². The Morgan fingerprint density at radius 1 is 0.912 bits per heavy atom. The van der Waals surface area contributed by atoms with E-state index in [1.54, 1.807) is 7.11 Å². The first-order valence-corrected chi connectivity index (χ1v) is 12.3. The monoisotopic (exact) mass is 460 g/mol. The van der Waals surface area contributed by atoms with Crippen molar-refractivity contribution < 1.29 is 14.2 Å². The van der Waals surface area contributed by atoms with Crippen LogP contribution in [0.4, 0.5) is 0 Å². The molecule has 1 N–H and O–H groups in total. The molecule has 0 saturated carbocycles. The van der Waals surface area contributed by atoms with Gasteiger partial charge in [-0.3, -0.25) is 0 Å². The molecule has 0 amide bonds. The minimum Gasteiger partial charge on any atom is -0.493 e. The normalized spacial score (nSPS) is 15.1. The van der Waals surface area contributed by atoms with E-state index in [-0.39, 0.29) is 6.04 Å². The third-order valence-corrected chi connectivity index (χ3v) is 6.48. The molecule has 5 heteroatoms. The number of benzene rings is 3. The second-order valence-corrected chi connectivity index (χ2v) is 8.56. The van der Waals surface area contributed by atoms with Crippen LogP contribution in [-0.2, 0) is 13.0 Å². The SMILES string of the molecule is CCN(CC)CCOc1cccc(C2NCCc3cc(OC)c(OCc4ccccc4)cc32)c1. The van der Waals surface area contributed by atoms with Gasteiger partial charge in [0.05, 0.1) is 13.2 Å². The molecule has 180 valence electrons. The summed E-state index contributed by atoms with van der Waals surface area (Å²) in [5.41, 5.74) is 4.85. The van der Waals surface area contributed by atoms with Crippen molar-refractivity contribution in [1.29, 1.82) is 0 Å². The van der Waals surface area contributed by atoms with Crippen molar-refractivity contribution in [2.24, 2.45) is 0 Å². The van der Waals surface area contributed by atoms with E-state index in [1.165, 1.54) is 16.7 Å². The van der Waals surface area contributed by atoms with Crippen LogP contribution in [0.1, 0.15) is 42.1 Å². The summed E-state index contributed by atoms with van der Waals surface area (Å²) in [6, 6.07) is 23.0. The smallest absolute Gasteiger partial charge is 0.162 e. The van der Waals surface area contributed by atoms with Crippen LogP contribution >= 0.6 is 0 Å². The number of fused-ring (bicyclic) bond motifs is 1. The van der Waals surface area contributed by atoms with Crippen LogP contribution in [0.15, 0.2) is 66.7 Å². The third-order valence-electron chi connectivity index (χ3n) is 6.48. The van der Waals surface area contributed by atoms with Gasteiger partial charge in [0.1, 0.15) is 19.0 Å². The Hall–Kier alpha value is -3.02. The molecule has 0 fully saturated rings. The minimum atomic E-state index is 0.0834. The summed E-state index contributed by atoms with van der Waals surface area (Å²) in [4.78, 5) is 2.37. The maximum absolute atomic E-state index is 6.20. The van der Waals surface area contributed by atoms with E-state index in [9.17, 15) is 0 Å². The molecule has 1 unspecified atom stereocenters. The van der Waals surface area contributed by atoms with Gasteiger partial charge in [0.2, 0.25) is 0 Å². The third kappa shape index (κ3) is 5.91. The molecule has 0 aliphatic carbocycles. The van der Waals surface area contributed by atoms with E-state index in [4.69, 9.17) is 14.2 Å². The first kappa shape index (κ1) is 24.1. The fourth-order valence-electron chi connectivity index (χ4n) is 4.49. The number of likely N-dealkylation sites (N-methyl/N-ethyl adjacent to an activating group) is 1. The van der Waals surface area contributed by atoms with Gasteiger partial charge in [0.25, 0.3) is 0 Å². The van der Waals surface area contributed by atoms with Gasteiger partial charge in [-0.05, 0) is 66.0 Å². The van der Waals surface area contributed by atoms with Crippen molar-refractivity contribution in [3.63, 3.8) is 0 Å². The van der Waals surface area contributed by atoms with Gasteiger partial charge in [0.15, 0.2) is 11.5 Å². The van der Waals surface area contributed by atoms with E-state index in [0.717, 1.165) is 55.4 Å². The highest BCUT2D eigenvalue weighted by Gasteiger charge is 2.24. The van der Waals surface area contributed by atoms with Crippen molar-refractivity contribution in [2.45, 2.75) is 32.9 Å². The molecule has 3 aromatic rings. The average molecular weight is 461 g/mol. The lowest BCUT2D eigenvalue weighted by Crippen LogP contribution is -2.30. The topological polar surface area (TPSA) is 43.0 Å². The van der Waals surface area contributed by atoms with Crippen molar-refractivity contribution in [3.8, 4) is 17.2 Å². The van der Waals surface area contributed by atoms with Crippen molar-refractivity contribution in [3.05, 3.63) is 89.0 Å². The molecule has 0 spiro atoms. The van der Waals surface area contributed by atoms with Gasteiger partial charge in [-0.15, -0.1) is 0 Å². The van der Waals surface area contributed by atoms with E-state index >= 15 is 0 Å². The predicted octanol–water partition coefficient (Wildman–Crippen LogP) is 5.23. The summed E-state index contributed by atoms with van der Waals surface area (Å²) in [6.07, 6.45) is 0.960. The zero-order valence-corrected chi connectivity index (χ0v) is 20.5. The second kappa shape index (κ2) is 11.9. The minimum absolute atomic E-state index is 0.0834. The van der Waals surface area contributed by atoms with Crippen LogP contribution in [0.5, 0.6) is 17.2 Å². The number of hydrogen-bond acceptors (Lipinski definition) is 5. The summed E-state index contributed by atoms with van der Waals surface area (Å²) in [5, 5.41) is 3.69. The van der Waals surface area contributed by atoms with Crippen LogP contribution in [0.2, 0.25) is 0 Å². The molecular formula is C29H36N2O3. The average Bonchev–Trinajstić information content (AvgIpc) is 2.89. The number of methoxy groups -OCH3 is 1. The predicted molar refractivity (Wildman–Crippen MR) is 137 cm³/mol. The number of hydrogen-bond donors (Lipinski definition) is 1. The zero-order chi connectivity index (χ0) is 23.8. The molecule has 1 heterocycles. The summed E-state index contributed by atoms with van der Waals surface area (Å²) in [7, 11) is 1.70. The van der Waals surface area contributed by atoms with Crippen molar-refractivity contribution >= 4 is 0 Å². The first-order chi connectivity index (χ1) is 16.7. The quantitative estimate of drug-likeness (QED) is 0.424. The summed E-state index contributed by atoms with van der Waals surface area (Å²) >= 11 is 0. The van der Waals surface area contributed by atoms with Gasteiger partial charge in [0, 0.05) is 13.1 Å². The molecule has 1 aliphatic heterocycles. The summed E-state index contributed by atoms with van der Waals surface area (Å²) in [5.74, 6) is 2.46. The molecule has 4 rings (SSSR count). The second-order valence-electron chi connectivity index (χ2n) is 8.56. The lowest BCUT2D eigenvalue weighted by Gasteiger charge is -2.29. The Bertz CT molecular complexity index is 1050. The highest BCUT2D eigenvalue weighted by atomic mass is 16.5. The van der Waals surface area contributed by atoms with Crippen LogP contribution in [0.25, 0.3) is 0 Å². The maximum Gasteiger partial charge on any atom is 0.162 e. The number of ether oxygens (including phenoxy) is 3. The van der Waals surface area contributed by atoms with Gasteiger partial charge in [-0.25, -0.2) is 0 Å². The Kier molecular flexibility index (Phi) is 8.45. The van der Waals surface area contributed by atoms with Crippen LogP contribution in [0, 0.1) is 0 Å². The summed E-state index contributed by atoms with van der Waals surface area (Å²) in [6.45, 7) is 9.49. The number of nitrogens with one attached hydrogen (secondary N) is 1. The molecular weight excluding hydrogens is 424 g/mol. The highest BCUT2D eigenvalue weighted by Crippen LogP contribution is 2.38. The van der Waals surface area contributed by atoms with E-state index < -0.39 is 0 Å². The Morgan fingerprint density at radius 2 is 1.74 bits per heavy atom. The first-order valence-electron chi connectivity index (χ1n) is 12.3. The lowest BCUT2D eigenvalue weighted by atomic mass is 9.89. The van der Waals surface area contributed by atoms with Crippen LogP contribution < -0.4 is 19.5 Å². The van der Waals surface area contributed by atoms with Crippen molar-refractivity contribution in [2.75, 3.05) is 39.9 Å². The molecule has 3 aromatic carbocycles. The zero-order valence-electron chi connectivity index (χ0n) is 20.5. The standard InChI is InChI=1S/C29H36N2O3/c1-4-31(5-2)16-17-33-25-13-9-12-24(18-25)29-26-20-28(34-21-22-10-7-6-8-11-22)27(32-3)19-23(26)14-15-30-29/h6-13,18-20,29-30H,4-5,14-17,21H2,1-3H3.